The molecule has 1 heterocycles. The Morgan fingerprint density at radius 1 is 1.24 bits per heavy atom. The molecule has 1 saturated carbocycles. The van der Waals surface area contributed by atoms with E-state index in [1.54, 1.807) is 0 Å². The zero-order valence-electron chi connectivity index (χ0n) is 14.4. The molecule has 0 saturated heterocycles. The van der Waals surface area contributed by atoms with Crippen molar-refractivity contribution in [1.82, 2.24) is 9.88 Å². The zero-order chi connectivity index (χ0) is 17.8. The number of aromatic amines is 1. The summed E-state index contributed by atoms with van der Waals surface area (Å²) in [5.74, 6) is -0.633. The van der Waals surface area contributed by atoms with Crippen LogP contribution in [0.15, 0.2) is 28.7 Å². The van der Waals surface area contributed by atoms with E-state index in [2.05, 4.69) is 20.9 Å². The third-order valence-electron chi connectivity index (χ3n) is 4.85. The molecule has 1 fully saturated rings. The van der Waals surface area contributed by atoms with Crippen LogP contribution in [0.4, 0.5) is 0 Å². The van der Waals surface area contributed by atoms with Gasteiger partial charge in [0.2, 0.25) is 0 Å². The SMILES string of the molecule is CCN(C(=O)COC(=O)c1[nH]c2ccccc2c1Br)C1CCCCC1. The number of fused-ring (bicyclic) bond motifs is 1. The Bertz CT molecular complexity index is 765. The molecule has 25 heavy (non-hydrogen) atoms. The standard InChI is InChI=1S/C19H23BrN2O3/c1-2-22(13-8-4-3-5-9-13)16(23)12-25-19(24)18-17(20)14-10-6-7-11-15(14)21-18/h6-7,10-11,13,21H,2-5,8-9,12H2,1H3. The lowest BCUT2D eigenvalue weighted by molar-refractivity contribution is -0.137. The lowest BCUT2D eigenvalue weighted by Gasteiger charge is -2.33. The van der Waals surface area contributed by atoms with Crippen molar-refractivity contribution in [3.8, 4) is 0 Å². The van der Waals surface area contributed by atoms with E-state index < -0.39 is 5.97 Å². The first kappa shape index (κ1) is 18.0. The van der Waals surface area contributed by atoms with Crippen molar-refractivity contribution in [2.24, 2.45) is 0 Å². The van der Waals surface area contributed by atoms with Crippen LogP contribution in [0.3, 0.4) is 0 Å². The Labute approximate surface area is 155 Å². The van der Waals surface area contributed by atoms with Gasteiger partial charge in [0, 0.05) is 23.5 Å². The average Bonchev–Trinajstić information content (AvgIpc) is 2.98. The summed E-state index contributed by atoms with van der Waals surface area (Å²) in [7, 11) is 0. The normalized spacial score (nSPS) is 15.3. The summed E-state index contributed by atoms with van der Waals surface area (Å²) in [5, 5.41) is 0.915. The first-order valence-corrected chi connectivity index (χ1v) is 9.64. The molecule has 0 spiro atoms. The lowest BCUT2D eigenvalue weighted by atomic mass is 9.94. The number of nitrogens with zero attached hydrogens (tertiary/aromatic N) is 1. The van der Waals surface area contributed by atoms with E-state index in [1.165, 1.54) is 6.42 Å². The minimum Gasteiger partial charge on any atom is -0.451 e. The number of likely N-dealkylation sites (N-methyl/N-ethyl adjacent to an activating group) is 1. The van der Waals surface area contributed by atoms with Gasteiger partial charge in [-0.25, -0.2) is 4.79 Å². The molecule has 1 N–H and O–H groups in total. The minimum atomic E-state index is -0.517. The molecule has 0 radical (unpaired) electrons. The van der Waals surface area contributed by atoms with Crippen LogP contribution >= 0.6 is 15.9 Å². The topological polar surface area (TPSA) is 62.4 Å². The molecule has 5 nitrogen and oxygen atoms in total. The number of carbonyl (C=O) groups excluding carboxylic acids is 2. The van der Waals surface area contributed by atoms with Gasteiger partial charge in [-0.3, -0.25) is 4.79 Å². The molecule has 1 aromatic heterocycles. The van der Waals surface area contributed by atoms with Crippen LogP contribution in [0.2, 0.25) is 0 Å². The Balaban J connectivity index is 1.64. The molecular formula is C19H23BrN2O3. The van der Waals surface area contributed by atoms with E-state index in [0.29, 0.717) is 16.7 Å². The Morgan fingerprint density at radius 3 is 2.64 bits per heavy atom. The highest BCUT2D eigenvalue weighted by atomic mass is 79.9. The Morgan fingerprint density at radius 2 is 1.96 bits per heavy atom. The summed E-state index contributed by atoms with van der Waals surface area (Å²) >= 11 is 3.44. The number of benzene rings is 1. The molecule has 0 unspecified atom stereocenters. The van der Waals surface area contributed by atoms with Crippen molar-refractivity contribution < 1.29 is 14.3 Å². The number of halogens is 1. The van der Waals surface area contributed by atoms with Crippen molar-refractivity contribution in [3.63, 3.8) is 0 Å². The minimum absolute atomic E-state index is 0.116. The molecule has 0 aliphatic heterocycles. The van der Waals surface area contributed by atoms with Crippen molar-refractivity contribution in [2.75, 3.05) is 13.2 Å². The molecule has 1 aromatic carbocycles. The fraction of sp³-hybridized carbons (Fsp3) is 0.474. The second-order valence-electron chi connectivity index (χ2n) is 6.41. The molecule has 0 atom stereocenters. The lowest BCUT2D eigenvalue weighted by Crippen LogP contribution is -2.43. The number of hydrogen-bond donors (Lipinski definition) is 1. The summed E-state index contributed by atoms with van der Waals surface area (Å²) in [4.78, 5) is 29.8. The highest BCUT2D eigenvalue weighted by molar-refractivity contribution is 9.10. The first-order valence-electron chi connectivity index (χ1n) is 8.84. The molecule has 1 amide bonds. The number of aromatic nitrogens is 1. The maximum absolute atomic E-state index is 12.5. The maximum Gasteiger partial charge on any atom is 0.356 e. The van der Waals surface area contributed by atoms with Gasteiger partial charge in [-0.05, 0) is 41.8 Å². The van der Waals surface area contributed by atoms with Crippen molar-refractivity contribution in [2.45, 2.75) is 45.1 Å². The van der Waals surface area contributed by atoms with Crippen LogP contribution in [0, 0.1) is 0 Å². The largest absolute Gasteiger partial charge is 0.451 e. The predicted molar refractivity (Wildman–Crippen MR) is 101 cm³/mol. The van der Waals surface area contributed by atoms with Crippen LogP contribution in [0.5, 0.6) is 0 Å². The molecule has 6 heteroatoms. The second-order valence-corrected chi connectivity index (χ2v) is 7.20. The molecular weight excluding hydrogens is 384 g/mol. The van der Waals surface area contributed by atoms with Gasteiger partial charge in [0.25, 0.3) is 5.91 Å². The zero-order valence-corrected chi connectivity index (χ0v) is 16.0. The van der Waals surface area contributed by atoms with E-state index in [4.69, 9.17) is 4.74 Å². The molecule has 1 aliphatic carbocycles. The molecule has 2 aromatic rings. The van der Waals surface area contributed by atoms with Crippen LogP contribution in [0.25, 0.3) is 10.9 Å². The Hall–Kier alpha value is -1.82. The van der Waals surface area contributed by atoms with Crippen LogP contribution in [-0.4, -0.2) is 41.0 Å². The Kier molecular flexibility index (Phi) is 5.78. The number of amides is 1. The van der Waals surface area contributed by atoms with E-state index >= 15 is 0 Å². The average molecular weight is 407 g/mol. The molecule has 1 aliphatic rings. The summed E-state index contributed by atoms with van der Waals surface area (Å²) in [5.41, 5.74) is 1.19. The van der Waals surface area contributed by atoms with Crippen LogP contribution in [0.1, 0.15) is 49.5 Å². The number of para-hydroxylation sites is 1. The summed E-state index contributed by atoms with van der Waals surface area (Å²) in [6, 6.07) is 7.89. The van der Waals surface area contributed by atoms with Gasteiger partial charge in [-0.15, -0.1) is 0 Å². The summed E-state index contributed by atoms with van der Waals surface area (Å²) in [6.45, 7) is 2.41. The number of ether oxygens (including phenoxy) is 1. The summed E-state index contributed by atoms with van der Waals surface area (Å²) < 4.78 is 5.95. The van der Waals surface area contributed by atoms with Crippen LogP contribution < -0.4 is 0 Å². The van der Waals surface area contributed by atoms with E-state index in [1.807, 2.05) is 36.1 Å². The maximum atomic E-state index is 12.5. The van der Waals surface area contributed by atoms with E-state index in [-0.39, 0.29) is 18.6 Å². The van der Waals surface area contributed by atoms with Gasteiger partial charge in [0.1, 0.15) is 5.69 Å². The fourth-order valence-corrected chi connectivity index (χ4v) is 4.17. The molecule has 0 bridgehead atoms. The van der Waals surface area contributed by atoms with Gasteiger partial charge >= 0.3 is 5.97 Å². The third-order valence-corrected chi connectivity index (χ3v) is 5.67. The third kappa shape index (κ3) is 3.89. The van der Waals surface area contributed by atoms with Gasteiger partial charge in [0.05, 0.1) is 4.47 Å². The predicted octanol–water partition coefficient (Wildman–Crippen LogP) is 4.27. The fourth-order valence-electron chi connectivity index (χ4n) is 3.56. The van der Waals surface area contributed by atoms with Gasteiger partial charge in [0.15, 0.2) is 6.61 Å². The van der Waals surface area contributed by atoms with Crippen LogP contribution in [-0.2, 0) is 9.53 Å². The smallest absolute Gasteiger partial charge is 0.356 e. The second kappa shape index (κ2) is 8.04. The van der Waals surface area contributed by atoms with Gasteiger partial charge < -0.3 is 14.6 Å². The number of carbonyl (C=O) groups is 2. The number of esters is 1. The van der Waals surface area contributed by atoms with Crippen molar-refractivity contribution >= 4 is 38.7 Å². The first-order chi connectivity index (χ1) is 12.1. The van der Waals surface area contributed by atoms with Crippen molar-refractivity contribution in [3.05, 3.63) is 34.4 Å². The monoisotopic (exact) mass is 406 g/mol. The number of H-pyrrole nitrogens is 1. The highest BCUT2D eigenvalue weighted by Crippen LogP contribution is 2.28. The number of rotatable bonds is 5. The molecule has 3 rings (SSSR count). The summed E-state index contributed by atoms with van der Waals surface area (Å²) in [6.07, 6.45) is 5.65. The van der Waals surface area contributed by atoms with Crippen molar-refractivity contribution in [1.29, 1.82) is 0 Å². The highest BCUT2D eigenvalue weighted by Gasteiger charge is 2.25. The quantitative estimate of drug-likeness (QED) is 0.754. The van der Waals surface area contributed by atoms with E-state index in [0.717, 1.165) is 36.6 Å². The number of nitrogens with one attached hydrogen (secondary N) is 1. The van der Waals surface area contributed by atoms with Gasteiger partial charge in [-0.2, -0.15) is 0 Å². The van der Waals surface area contributed by atoms with E-state index in [9.17, 15) is 9.59 Å². The van der Waals surface area contributed by atoms with Gasteiger partial charge in [-0.1, -0.05) is 37.5 Å². The number of hydrogen-bond acceptors (Lipinski definition) is 3. The molecule has 134 valence electrons.